The molecule has 0 amide bonds. The molecule has 1 fully saturated rings. The number of aliphatic hydroxyl groups excluding tert-OH is 1. The summed E-state index contributed by atoms with van der Waals surface area (Å²) in [4.78, 5) is 5.23. The van der Waals surface area contributed by atoms with Crippen LogP contribution in [0.3, 0.4) is 0 Å². The van der Waals surface area contributed by atoms with Crippen molar-refractivity contribution in [3.8, 4) is 0 Å². The van der Waals surface area contributed by atoms with Crippen LogP contribution in [0.1, 0.15) is 70.6 Å². The van der Waals surface area contributed by atoms with Crippen LogP contribution in [0.25, 0.3) is 0 Å². The first-order chi connectivity index (χ1) is 16.2. The van der Waals surface area contributed by atoms with E-state index in [9.17, 15) is 5.11 Å². The minimum absolute atomic E-state index is 0.00341. The maximum absolute atomic E-state index is 10.7. The third kappa shape index (κ3) is 4.57. The fraction of sp³-hybridized carbons (Fsp3) is 0.621. The molecule has 1 saturated carbocycles. The summed E-state index contributed by atoms with van der Waals surface area (Å²) in [6.45, 7) is 0. The summed E-state index contributed by atoms with van der Waals surface area (Å²) in [7, 11) is 0. The van der Waals surface area contributed by atoms with Gasteiger partial charge in [0.1, 0.15) is 12.1 Å². The fourth-order valence-corrected chi connectivity index (χ4v) is 6.80. The van der Waals surface area contributed by atoms with Crippen molar-refractivity contribution in [3.63, 3.8) is 0 Å². The first-order valence-electron chi connectivity index (χ1n) is 13.4. The van der Waals surface area contributed by atoms with Gasteiger partial charge in [-0.25, -0.2) is 0 Å². The van der Waals surface area contributed by atoms with Crippen molar-refractivity contribution in [2.24, 2.45) is 22.7 Å². The van der Waals surface area contributed by atoms with E-state index < -0.39 is 6.10 Å². The van der Waals surface area contributed by atoms with Crippen LogP contribution in [-0.4, -0.2) is 35.4 Å². The number of ether oxygens (including phenoxy) is 1. The number of rotatable bonds is 4. The van der Waals surface area contributed by atoms with Gasteiger partial charge in [-0.1, -0.05) is 55.4 Å². The third-order valence-electron chi connectivity index (χ3n) is 8.68. The van der Waals surface area contributed by atoms with E-state index in [2.05, 4.69) is 41.8 Å². The Morgan fingerprint density at radius 3 is 2.70 bits per heavy atom. The number of amidine groups is 1. The van der Waals surface area contributed by atoms with E-state index in [1.54, 1.807) is 0 Å². The van der Waals surface area contributed by atoms with E-state index in [0.29, 0.717) is 12.0 Å². The molecule has 6 aliphatic rings. The molecule has 0 saturated heterocycles. The summed E-state index contributed by atoms with van der Waals surface area (Å²) < 4.78 is 6.56. The zero-order valence-electron chi connectivity index (χ0n) is 19.7. The Balaban J connectivity index is 1.25. The van der Waals surface area contributed by atoms with Crippen LogP contribution < -0.4 is 5.32 Å². The van der Waals surface area contributed by atoms with Crippen LogP contribution in [0, 0.1) is 17.8 Å². The molecule has 6 atom stereocenters. The lowest BCUT2D eigenvalue weighted by molar-refractivity contribution is -0.0263. The first kappa shape index (κ1) is 21.6. The average molecular weight is 447 g/mol. The number of aliphatic hydroxyl groups is 1. The average Bonchev–Trinajstić information content (AvgIpc) is 3.35. The zero-order valence-corrected chi connectivity index (χ0v) is 19.7. The standard InChI is InChI=1S/C29H38N2O2/c32-27-12-6-5-11-25(27)29-30-26(18-28(31-29)33-24-9-3-4-10-24)22-14-13-21-15-19-7-1-2-8-20(19)16-23(21)17-22/h1,6-7,12-15,20,23-28,32H,2-5,8-11,16-18H2,(H,30,31). The van der Waals surface area contributed by atoms with Gasteiger partial charge in [-0.3, -0.25) is 4.99 Å². The van der Waals surface area contributed by atoms with Crippen molar-refractivity contribution in [3.05, 3.63) is 59.3 Å². The van der Waals surface area contributed by atoms with Crippen molar-refractivity contribution >= 4 is 5.84 Å². The molecule has 4 nitrogen and oxygen atoms in total. The van der Waals surface area contributed by atoms with Gasteiger partial charge in [0.05, 0.1) is 18.2 Å². The number of nitrogens with one attached hydrogen (secondary N) is 1. The second-order valence-corrected chi connectivity index (χ2v) is 10.9. The number of hydrogen-bond donors (Lipinski definition) is 2. The van der Waals surface area contributed by atoms with E-state index >= 15 is 0 Å². The smallest absolute Gasteiger partial charge is 0.131 e. The molecular weight excluding hydrogens is 408 g/mol. The van der Waals surface area contributed by atoms with Gasteiger partial charge in [0, 0.05) is 12.3 Å². The summed E-state index contributed by atoms with van der Waals surface area (Å²) >= 11 is 0. The summed E-state index contributed by atoms with van der Waals surface area (Å²) in [6, 6.07) is 0.153. The van der Waals surface area contributed by atoms with Crippen LogP contribution in [0.4, 0.5) is 0 Å². The summed E-state index contributed by atoms with van der Waals surface area (Å²) in [5, 5.41) is 14.3. The highest BCUT2D eigenvalue weighted by Gasteiger charge is 2.36. The predicted molar refractivity (Wildman–Crippen MR) is 133 cm³/mol. The second-order valence-electron chi connectivity index (χ2n) is 10.9. The second kappa shape index (κ2) is 9.38. The van der Waals surface area contributed by atoms with Crippen molar-refractivity contribution in [1.82, 2.24) is 5.32 Å². The topological polar surface area (TPSA) is 53.9 Å². The van der Waals surface area contributed by atoms with Gasteiger partial charge in [0.2, 0.25) is 0 Å². The summed E-state index contributed by atoms with van der Waals surface area (Å²) in [6.07, 6.45) is 28.4. The normalized spacial score (nSPS) is 38.5. The highest BCUT2D eigenvalue weighted by Crippen LogP contribution is 2.44. The van der Waals surface area contributed by atoms with Gasteiger partial charge < -0.3 is 15.2 Å². The van der Waals surface area contributed by atoms with E-state index in [1.807, 2.05) is 6.08 Å². The zero-order chi connectivity index (χ0) is 22.2. The lowest BCUT2D eigenvalue weighted by atomic mass is 9.70. The van der Waals surface area contributed by atoms with Gasteiger partial charge in [-0.15, -0.1) is 0 Å². The van der Waals surface area contributed by atoms with Crippen LogP contribution in [-0.2, 0) is 4.74 Å². The Hall–Kier alpha value is -1.91. The maximum Gasteiger partial charge on any atom is 0.131 e. The van der Waals surface area contributed by atoms with E-state index in [0.717, 1.165) is 37.4 Å². The van der Waals surface area contributed by atoms with E-state index in [1.165, 1.54) is 61.7 Å². The number of fused-ring (bicyclic) bond motifs is 2. The Bertz CT molecular complexity index is 933. The maximum atomic E-state index is 10.7. The Morgan fingerprint density at radius 2 is 1.82 bits per heavy atom. The monoisotopic (exact) mass is 446 g/mol. The number of aliphatic imine (C=N–C) groups is 1. The first-order valence-corrected chi connectivity index (χ1v) is 13.4. The van der Waals surface area contributed by atoms with E-state index in [-0.39, 0.29) is 18.2 Å². The SMILES string of the molecule is OC1C=CCCC1C1=NC(C2=CC=C3C=C4C=CCCC4CC3C2)CC(OC2CCCC2)N1. The van der Waals surface area contributed by atoms with Gasteiger partial charge in [-0.2, -0.15) is 0 Å². The molecule has 176 valence electrons. The molecule has 0 bridgehead atoms. The van der Waals surface area contributed by atoms with Crippen molar-refractivity contribution in [2.45, 2.75) is 95.1 Å². The highest BCUT2D eigenvalue weighted by molar-refractivity contribution is 5.86. The molecule has 4 heteroatoms. The molecule has 2 N–H and O–H groups in total. The molecule has 33 heavy (non-hydrogen) atoms. The van der Waals surface area contributed by atoms with Crippen molar-refractivity contribution < 1.29 is 9.84 Å². The number of hydrogen-bond acceptors (Lipinski definition) is 4. The molecule has 1 aliphatic heterocycles. The van der Waals surface area contributed by atoms with Crippen molar-refractivity contribution in [1.29, 1.82) is 0 Å². The Labute approximate surface area is 198 Å². The van der Waals surface area contributed by atoms with Crippen LogP contribution >= 0.6 is 0 Å². The quantitative estimate of drug-likeness (QED) is 0.559. The Kier molecular flexibility index (Phi) is 6.15. The molecular formula is C29H38N2O2. The predicted octanol–water partition coefficient (Wildman–Crippen LogP) is 5.53. The molecule has 0 spiro atoms. The molecule has 6 unspecified atom stereocenters. The van der Waals surface area contributed by atoms with E-state index in [4.69, 9.17) is 9.73 Å². The molecule has 6 rings (SSSR count). The van der Waals surface area contributed by atoms with Gasteiger partial charge in [0.25, 0.3) is 0 Å². The van der Waals surface area contributed by atoms with Gasteiger partial charge in [-0.05, 0) is 79.9 Å². The molecule has 0 radical (unpaired) electrons. The molecule has 0 aromatic carbocycles. The fourth-order valence-electron chi connectivity index (χ4n) is 6.80. The largest absolute Gasteiger partial charge is 0.388 e. The highest BCUT2D eigenvalue weighted by atomic mass is 16.5. The molecule has 5 aliphatic carbocycles. The summed E-state index contributed by atoms with van der Waals surface area (Å²) in [5.74, 6) is 2.37. The third-order valence-corrected chi connectivity index (χ3v) is 8.68. The molecule has 0 aromatic rings. The van der Waals surface area contributed by atoms with Gasteiger partial charge >= 0.3 is 0 Å². The van der Waals surface area contributed by atoms with Crippen LogP contribution in [0.5, 0.6) is 0 Å². The van der Waals surface area contributed by atoms with Crippen LogP contribution in [0.15, 0.2) is 64.2 Å². The minimum atomic E-state index is -0.455. The Morgan fingerprint density at radius 1 is 0.939 bits per heavy atom. The van der Waals surface area contributed by atoms with Gasteiger partial charge in [0.15, 0.2) is 0 Å². The van der Waals surface area contributed by atoms with Crippen molar-refractivity contribution in [2.75, 3.05) is 0 Å². The lowest BCUT2D eigenvalue weighted by Crippen LogP contribution is -2.50. The minimum Gasteiger partial charge on any atom is -0.388 e. The lowest BCUT2D eigenvalue weighted by Gasteiger charge is -2.39. The number of allylic oxidation sites excluding steroid dienone is 8. The molecule has 0 aromatic heterocycles. The molecule has 1 heterocycles. The van der Waals surface area contributed by atoms with Crippen LogP contribution in [0.2, 0.25) is 0 Å². The summed E-state index contributed by atoms with van der Waals surface area (Å²) in [5.41, 5.74) is 4.49. The number of nitrogens with zero attached hydrogens (tertiary/aromatic N) is 1.